The van der Waals surface area contributed by atoms with Crippen LogP contribution >= 0.6 is 0 Å². The largest absolute Gasteiger partial charge is 0.192 e. The third-order valence-corrected chi connectivity index (χ3v) is 150. The SMILES string of the molecule is CC1(C)c2ccc(C#N)cc2C(C)(C)C1(C)C.S=S=S=S=S=S=S=S=S=S=S=S=S=S=S=S=S=S=S=S=S=S=S=S=S=S=S=S=S=S=S=S=S=S=S=S=S=S=S=S=S=S=S=S=S=S=S=S=S=S=S=S=S=S=S=S=S=S=S=S=S=S=S=S=S=S=S. The highest BCUT2D eigenvalue weighted by atomic mass is 33.5. The lowest BCUT2D eigenvalue weighted by atomic mass is 9.59. The van der Waals surface area contributed by atoms with Crippen LogP contribution in [0.5, 0.6) is 0 Å². The van der Waals surface area contributed by atoms with E-state index in [-0.39, 0.29) is 16.2 Å². The maximum atomic E-state index is 9.05. The summed E-state index contributed by atoms with van der Waals surface area (Å²) in [6.07, 6.45) is 0. The fourth-order valence-electron chi connectivity index (χ4n) is 3.84. The summed E-state index contributed by atoms with van der Waals surface area (Å²) >= 11 is 9.64. The molecule has 492 valence electrons. The van der Waals surface area contributed by atoms with E-state index in [0.717, 1.165) is 5.56 Å². The molecule has 1 aromatic rings. The average Bonchev–Trinajstić information content (AvgIpc) is 2.41. The van der Waals surface area contributed by atoms with Crippen LogP contribution in [0.4, 0.5) is 0 Å². The van der Waals surface area contributed by atoms with Crippen LogP contribution < -0.4 is 0 Å². The first-order valence-corrected chi connectivity index (χ1v) is 105. The first-order valence-electron chi connectivity index (χ1n) is 17.2. The Labute approximate surface area is 684 Å². The first kappa shape index (κ1) is 95.5. The zero-order valence-electron chi connectivity index (χ0n) is 39.0. The number of nitriles is 1. The second kappa shape index (κ2) is 73.4. The number of hydrogen-bond acceptors (Lipinski definition) is 3. The molecule has 0 radical (unpaired) electrons. The van der Waals surface area contributed by atoms with Crippen molar-refractivity contribution in [3.8, 4) is 6.07 Å². The van der Waals surface area contributed by atoms with Crippen LogP contribution in [0.25, 0.3) is 0 Å². The quantitative estimate of drug-likeness (QED) is 0.394. The van der Waals surface area contributed by atoms with Crippen molar-refractivity contribution in [3.05, 3.63) is 34.9 Å². The van der Waals surface area contributed by atoms with Crippen LogP contribution in [-0.2, 0) is 610 Å². The minimum absolute atomic E-state index is 0.0959. The fraction of sp³-hybridized carbons (Fsp3) is 0.562. The third-order valence-electron chi connectivity index (χ3n) is 7.40. The van der Waals surface area contributed by atoms with Crippen molar-refractivity contribution in [1.82, 2.24) is 0 Å². The van der Waals surface area contributed by atoms with Gasteiger partial charge in [0.1, 0.15) is 0 Å². The van der Waals surface area contributed by atoms with Crippen molar-refractivity contribution in [2.45, 2.75) is 52.4 Å². The fourth-order valence-corrected chi connectivity index (χ4v) is 177. The van der Waals surface area contributed by atoms with Crippen LogP contribution in [0, 0.1) is 16.7 Å². The lowest BCUT2D eigenvalue weighted by Crippen LogP contribution is -2.42. The molecule has 0 spiro atoms. The van der Waals surface area contributed by atoms with Crippen LogP contribution in [0.3, 0.4) is 0 Å². The highest BCUT2D eigenvalue weighted by molar-refractivity contribution is 8.84. The van der Waals surface area contributed by atoms with Gasteiger partial charge in [0.25, 0.3) is 0 Å². The van der Waals surface area contributed by atoms with Crippen molar-refractivity contribution in [2.75, 3.05) is 0 Å². The topological polar surface area (TPSA) is 23.8 Å². The number of rotatable bonds is 0. The Balaban J connectivity index is 0.00000174. The molecule has 0 atom stereocenters. The van der Waals surface area contributed by atoms with E-state index < -0.39 is 0 Å². The lowest BCUT2D eigenvalue weighted by molar-refractivity contribution is 0.125. The number of nitrogens with zero attached hydrogens (tertiary/aromatic N) is 1. The van der Waals surface area contributed by atoms with Gasteiger partial charge < -0.3 is 0 Å². The van der Waals surface area contributed by atoms with Gasteiger partial charge in [-0.15, -0.1) is 0 Å². The zero-order valence-corrected chi connectivity index (χ0v) is 93.7. The molecular formula is C16H21NS67. The summed E-state index contributed by atoms with van der Waals surface area (Å²) in [5.41, 5.74) is 3.91. The molecule has 1 aliphatic rings. The Bertz CT molecular complexity index is 5590. The minimum Gasteiger partial charge on any atom is -0.192 e. The van der Waals surface area contributed by atoms with Gasteiger partial charge in [-0.25, -0.2) is 0 Å². The first-order chi connectivity index (χ1) is 41.1. The van der Waals surface area contributed by atoms with Crippen LogP contribution in [0.1, 0.15) is 58.2 Å². The monoisotopic (exact) mass is 2370 g/mol. The minimum atomic E-state index is 0.0959. The van der Waals surface area contributed by atoms with Crippen LogP contribution in [-0.4, -0.2) is 0 Å². The molecule has 0 aliphatic heterocycles. The van der Waals surface area contributed by atoms with Crippen LogP contribution in [0.15, 0.2) is 18.2 Å². The summed E-state index contributed by atoms with van der Waals surface area (Å²) in [5.74, 6) is 0. The summed E-state index contributed by atoms with van der Waals surface area (Å²) in [5, 5.41) is 9.05. The third kappa shape index (κ3) is 56.8. The van der Waals surface area contributed by atoms with Gasteiger partial charge in [-0.2, -0.15) is 5.26 Å². The van der Waals surface area contributed by atoms with E-state index in [9.17, 15) is 0 Å². The maximum Gasteiger partial charge on any atom is 0.0991 e. The molecule has 1 aliphatic carbocycles. The van der Waals surface area contributed by atoms with Gasteiger partial charge in [-0.3, -0.25) is 0 Å². The molecule has 0 unspecified atom stereocenters. The van der Waals surface area contributed by atoms with E-state index in [0.29, 0.717) is 0 Å². The number of fused-ring (bicyclic) bond motifs is 1. The van der Waals surface area contributed by atoms with Crippen molar-refractivity contribution in [3.63, 3.8) is 0 Å². The molecule has 84 heavy (non-hydrogen) atoms. The standard InChI is InChI=1S/C16H21N.S67/c1-14(2)12-8-7-11(10-17)9-13(12)15(3,4)16(14,5)6;1-3-5-7-9-11-13-15-17-19-21-23-25-27-29-31-33-35-37-39-41-43-45-47-49-51-53-55-57-59-61-63-65-67-66-64-62-60-58-56-54-52-50-48-46-44-42-40-38-36-34-32-30-28-26-24-22-20-18-16-14-12-10-8-6-4-2/h7-9H,1-6H3;. The van der Waals surface area contributed by atoms with Gasteiger partial charge in [-0.05, 0) is 39.5 Å². The van der Waals surface area contributed by atoms with E-state index >= 15 is 0 Å². The molecule has 2 rings (SSSR count). The summed E-state index contributed by atoms with van der Waals surface area (Å²) in [4.78, 5) is 0. The van der Waals surface area contributed by atoms with Gasteiger partial charge in [0.2, 0.25) is 0 Å². The molecule has 0 aromatic heterocycles. The molecule has 0 bridgehead atoms. The Morgan fingerprint density at radius 2 is 0.381 bits per heavy atom. The lowest BCUT2D eigenvalue weighted by Gasteiger charge is -2.44. The van der Waals surface area contributed by atoms with Gasteiger partial charge in [0.05, 0.1) is 11.6 Å². The molecule has 0 saturated heterocycles. The summed E-state index contributed by atoms with van der Waals surface area (Å²) in [6, 6.07) is 8.41. The second-order valence-electron chi connectivity index (χ2n) is 11.2. The van der Waals surface area contributed by atoms with E-state index in [1.807, 2.05) is 459 Å². The summed E-state index contributed by atoms with van der Waals surface area (Å²) in [6.45, 7) is 13.9. The van der Waals surface area contributed by atoms with Gasteiger partial charge in [-0.1, -0.05) is 47.6 Å². The molecule has 0 N–H and O–H groups in total. The summed E-state index contributed by atoms with van der Waals surface area (Å²) in [7, 11) is 117. The van der Waals surface area contributed by atoms with Gasteiger partial charge >= 0.3 is 0 Å². The normalized spacial score (nSPS) is 10.9. The second-order valence-corrected chi connectivity index (χ2v) is 126. The molecule has 68 heteroatoms. The van der Waals surface area contributed by atoms with E-state index in [2.05, 4.69) is 59.7 Å². The Morgan fingerprint density at radius 3 is 0.524 bits per heavy atom. The Hall–Kier alpha value is 13.5. The van der Waals surface area contributed by atoms with Crippen LogP contribution in [0.2, 0.25) is 0 Å². The van der Waals surface area contributed by atoms with Gasteiger partial charge in [0, 0.05) is 600 Å². The Morgan fingerprint density at radius 1 is 0.238 bits per heavy atom. The number of benzene rings is 1. The highest BCUT2D eigenvalue weighted by Gasteiger charge is 2.56. The molecular weight excluding hydrogens is 2350 g/mol. The molecule has 0 saturated carbocycles. The highest BCUT2D eigenvalue weighted by Crippen LogP contribution is 2.61. The molecule has 1 nitrogen and oxygen atoms in total. The predicted octanol–water partition coefficient (Wildman–Crippen LogP) is 3.99. The van der Waals surface area contributed by atoms with Crippen molar-refractivity contribution < 1.29 is 0 Å². The van der Waals surface area contributed by atoms with Gasteiger partial charge in [0.15, 0.2) is 0 Å². The zero-order chi connectivity index (χ0) is 61.0. The van der Waals surface area contributed by atoms with E-state index in [1.165, 1.54) is 28.9 Å². The molecule has 1 aromatic carbocycles. The van der Waals surface area contributed by atoms with Crippen molar-refractivity contribution in [1.29, 1.82) is 5.26 Å². The van der Waals surface area contributed by atoms with Crippen molar-refractivity contribution >= 4 is 600 Å². The Kier molecular flexibility index (Phi) is 83.4. The van der Waals surface area contributed by atoms with E-state index in [4.69, 9.17) is 27.6 Å². The maximum absolute atomic E-state index is 9.05. The summed E-state index contributed by atoms with van der Waals surface area (Å²) < 4.78 is 0. The smallest absolute Gasteiger partial charge is 0.0991 e. The molecule has 0 fully saturated rings. The number of hydrogen-bond donors (Lipinski definition) is 0. The van der Waals surface area contributed by atoms with E-state index in [1.54, 1.807) is 107 Å². The predicted molar refractivity (Wildman–Crippen MR) is 564 cm³/mol. The van der Waals surface area contributed by atoms with Crippen molar-refractivity contribution in [2.24, 2.45) is 5.41 Å². The molecule has 0 heterocycles. The average molecular weight is 2380 g/mol. The molecule has 0 amide bonds.